The van der Waals surface area contributed by atoms with Crippen LogP contribution in [0.3, 0.4) is 0 Å². The van der Waals surface area contributed by atoms with E-state index in [4.69, 9.17) is 16.3 Å². The zero-order chi connectivity index (χ0) is 26.2. The van der Waals surface area contributed by atoms with E-state index in [1.807, 2.05) is 14.0 Å². The number of ketones is 1. The van der Waals surface area contributed by atoms with Gasteiger partial charge in [-0.3, -0.25) is 4.79 Å². The maximum atomic E-state index is 14.4. The van der Waals surface area contributed by atoms with Crippen molar-refractivity contribution in [3.05, 3.63) is 23.0 Å². The number of rotatable bonds is 5. The first kappa shape index (κ1) is 25.7. The number of halogens is 2. The fraction of sp³-hybridized carbons (Fsp3) is 0.759. The van der Waals surface area contributed by atoms with Crippen LogP contribution in [0, 0.1) is 46.2 Å². The van der Waals surface area contributed by atoms with Gasteiger partial charge in [0.2, 0.25) is 0 Å². The Morgan fingerprint density at radius 3 is 2.73 bits per heavy atom. The Labute approximate surface area is 223 Å². The second-order valence-electron chi connectivity index (χ2n) is 13.1. The van der Waals surface area contributed by atoms with Crippen LogP contribution in [0.4, 0.5) is 4.39 Å². The Balaban J connectivity index is 1.22. The molecule has 4 aliphatic carbocycles. The van der Waals surface area contributed by atoms with Crippen molar-refractivity contribution >= 4 is 28.4 Å². The zero-order valence-electron chi connectivity index (χ0n) is 22.2. The number of aliphatic hydroxyl groups is 1. The summed E-state index contributed by atoms with van der Waals surface area (Å²) in [4.78, 5) is 15.0. The Bertz CT molecular complexity index is 1220. The van der Waals surface area contributed by atoms with E-state index in [9.17, 15) is 14.3 Å². The predicted octanol–water partition coefficient (Wildman–Crippen LogP) is 5.83. The summed E-state index contributed by atoms with van der Waals surface area (Å²) in [6.07, 6.45) is 9.23. The lowest BCUT2D eigenvalue weighted by molar-refractivity contribution is -0.175. The molecule has 0 saturated heterocycles. The molecule has 2 aromatic rings. The van der Waals surface area contributed by atoms with Crippen LogP contribution in [-0.2, 0) is 16.1 Å². The average molecular weight is 532 g/mol. The molecule has 0 amide bonds. The van der Waals surface area contributed by atoms with Gasteiger partial charge in [-0.15, -0.1) is 5.10 Å². The first-order chi connectivity index (χ1) is 17.6. The van der Waals surface area contributed by atoms with Gasteiger partial charge in [0, 0.05) is 13.0 Å². The van der Waals surface area contributed by atoms with Gasteiger partial charge in [0.25, 0.3) is 0 Å². The number of hydrogen-bond donors (Lipinski definition) is 1. The Morgan fingerprint density at radius 2 is 1.95 bits per heavy atom. The molecule has 1 aromatic heterocycles. The number of aromatic nitrogens is 3. The van der Waals surface area contributed by atoms with E-state index in [-0.39, 0.29) is 39.6 Å². The second kappa shape index (κ2) is 8.99. The summed E-state index contributed by atoms with van der Waals surface area (Å²) in [5.74, 6) is 1.78. The lowest BCUT2D eigenvalue weighted by Crippen LogP contribution is -2.58. The molecule has 1 unspecified atom stereocenters. The summed E-state index contributed by atoms with van der Waals surface area (Å²) in [5, 5.41) is 19.5. The minimum atomic E-state index is -0.589. The van der Waals surface area contributed by atoms with Gasteiger partial charge >= 0.3 is 0 Å². The summed E-state index contributed by atoms with van der Waals surface area (Å²) >= 11 is 5.90. The smallest absolute Gasteiger partial charge is 0.171 e. The standard InChI is InChI=1S/C29H39ClFN3O3/c1-27(36)12-13-29(16-37-3)17(14-27)4-5-18-19-6-7-21(28(19,2)11-10-20(18)29)24(35)15-34-32-23-9-8-22(30)25(31)26(23)33-34/h8-9,17-21,36H,4-7,10-16H2,1-3H3/t17-,18?,19-,20-,21+,27+,28-,29+/m0/s1. The second-order valence-corrected chi connectivity index (χ2v) is 13.5. The Morgan fingerprint density at radius 1 is 1.14 bits per heavy atom. The maximum Gasteiger partial charge on any atom is 0.171 e. The first-order valence-corrected chi connectivity index (χ1v) is 14.4. The van der Waals surface area contributed by atoms with Crippen LogP contribution in [0.25, 0.3) is 11.0 Å². The molecule has 0 bridgehead atoms. The molecule has 202 valence electrons. The number of carbonyl (C=O) groups excluding carboxylic acids is 1. The number of carbonyl (C=O) groups is 1. The van der Waals surface area contributed by atoms with Gasteiger partial charge < -0.3 is 9.84 Å². The van der Waals surface area contributed by atoms with E-state index in [1.165, 1.54) is 17.3 Å². The van der Waals surface area contributed by atoms with Crippen molar-refractivity contribution < 1.29 is 19.0 Å². The summed E-state index contributed by atoms with van der Waals surface area (Å²) in [7, 11) is 1.83. The molecule has 8 heteroatoms. The van der Waals surface area contributed by atoms with Crippen LogP contribution < -0.4 is 0 Å². The topological polar surface area (TPSA) is 77.2 Å². The van der Waals surface area contributed by atoms with Crippen LogP contribution in [0.15, 0.2) is 12.1 Å². The third kappa shape index (κ3) is 3.98. The zero-order valence-corrected chi connectivity index (χ0v) is 22.9. The van der Waals surface area contributed by atoms with Gasteiger partial charge in [-0.1, -0.05) is 18.5 Å². The van der Waals surface area contributed by atoms with E-state index < -0.39 is 11.4 Å². The highest BCUT2D eigenvalue weighted by Crippen LogP contribution is 2.68. The monoisotopic (exact) mass is 531 g/mol. The molecule has 1 heterocycles. The maximum absolute atomic E-state index is 14.4. The van der Waals surface area contributed by atoms with E-state index >= 15 is 0 Å². The van der Waals surface area contributed by atoms with Crippen LogP contribution >= 0.6 is 11.6 Å². The van der Waals surface area contributed by atoms with Crippen molar-refractivity contribution in [1.82, 2.24) is 15.0 Å². The van der Waals surface area contributed by atoms with E-state index in [1.54, 1.807) is 6.07 Å². The highest BCUT2D eigenvalue weighted by atomic mass is 35.5. The molecule has 4 saturated carbocycles. The summed E-state index contributed by atoms with van der Waals surface area (Å²) in [6, 6.07) is 3.11. The molecule has 4 fully saturated rings. The van der Waals surface area contributed by atoms with Crippen LogP contribution in [0.1, 0.15) is 71.6 Å². The number of ether oxygens (including phenoxy) is 1. The third-order valence-corrected chi connectivity index (χ3v) is 11.5. The third-order valence-electron chi connectivity index (χ3n) is 11.2. The molecule has 0 radical (unpaired) electrons. The van der Waals surface area contributed by atoms with Crippen molar-refractivity contribution in [2.45, 2.75) is 83.8 Å². The Kier molecular flexibility index (Phi) is 6.24. The fourth-order valence-electron chi connectivity index (χ4n) is 9.60. The largest absolute Gasteiger partial charge is 0.390 e. The van der Waals surface area contributed by atoms with Crippen molar-refractivity contribution in [3.63, 3.8) is 0 Å². The number of hydrogen-bond acceptors (Lipinski definition) is 5. The minimum Gasteiger partial charge on any atom is -0.390 e. The van der Waals surface area contributed by atoms with Crippen molar-refractivity contribution in [2.75, 3.05) is 13.7 Å². The van der Waals surface area contributed by atoms with E-state index in [2.05, 4.69) is 17.1 Å². The number of methoxy groups -OCH3 is 1. The van der Waals surface area contributed by atoms with E-state index in [0.717, 1.165) is 58.0 Å². The molecular formula is C29H39ClFN3O3. The molecular weight excluding hydrogens is 493 g/mol. The lowest BCUT2D eigenvalue weighted by Gasteiger charge is -2.62. The molecule has 1 N–H and O–H groups in total. The number of Topliss-reactive ketones (excluding diaryl/α,β-unsaturated/α-hetero) is 1. The number of benzene rings is 1. The molecule has 6 rings (SSSR count). The van der Waals surface area contributed by atoms with Gasteiger partial charge in [0.15, 0.2) is 11.6 Å². The molecule has 8 atom stereocenters. The van der Waals surface area contributed by atoms with E-state index in [0.29, 0.717) is 29.2 Å². The predicted molar refractivity (Wildman–Crippen MR) is 140 cm³/mol. The quantitative estimate of drug-likeness (QED) is 0.525. The summed E-state index contributed by atoms with van der Waals surface area (Å²) < 4.78 is 20.3. The van der Waals surface area contributed by atoms with Crippen LogP contribution in [0.5, 0.6) is 0 Å². The first-order valence-electron chi connectivity index (χ1n) is 14.0. The molecule has 4 aliphatic rings. The van der Waals surface area contributed by atoms with Gasteiger partial charge in [-0.2, -0.15) is 9.90 Å². The molecule has 37 heavy (non-hydrogen) atoms. The summed E-state index contributed by atoms with van der Waals surface area (Å²) in [5.41, 5.74) is 0.0805. The molecule has 6 nitrogen and oxygen atoms in total. The minimum absolute atomic E-state index is 0.0105. The van der Waals surface area contributed by atoms with Crippen molar-refractivity contribution in [3.8, 4) is 0 Å². The van der Waals surface area contributed by atoms with Crippen LogP contribution in [0.2, 0.25) is 5.02 Å². The highest BCUT2D eigenvalue weighted by Gasteiger charge is 2.63. The van der Waals surface area contributed by atoms with Gasteiger partial charge in [0.05, 0.1) is 17.2 Å². The van der Waals surface area contributed by atoms with Gasteiger partial charge in [-0.05, 0) is 111 Å². The number of nitrogens with zero attached hydrogens (tertiary/aromatic N) is 3. The highest BCUT2D eigenvalue weighted by molar-refractivity contribution is 6.31. The summed E-state index contributed by atoms with van der Waals surface area (Å²) in [6.45, 7) is 5.19. The fourth-order valence-corrected chi connectivity index (χ4v) is 9.75. The van der Waals surface area contributed by atoms with Gasteiger partial charge in [-0.25, -0.2) is 4.39 Å². The molecule has 1 aromatic carbocycles. The van der Waals surface area contributed by atoms with Gasteiger partial charge in [0.1, 0.15) is 17.6 Å². The number of fused-ring (bicyclic) bond motifs is 6. The van der Waals surface area contributed by atoms with Crippen molar-refractivity contribution in [1.29, 1.82) is 0 Å². The normalized spacial score (nSPS) is 41.3. The van der Waals surface area contributed by atoms with Crippen molar-refractivity contribution in [2.24, 2.45) is 40.4 Å². The SMILES string of the molecule is COC[C@]12CC[C@@](C)(O)C[C@@H]1CCC1[C@@H]3CC[C@H](C(=O)Cn4nc5ccc(Cl)c(F)c5n4)[C@@]3(C)CC[C@@H]12. The van der Waals surface area contributed by atoms with Crippen LogP contribution in [-0.4, -0.2) is 45.2 Å². The average Bonchev–Trinajstić information content (AvgIpc) is 3.42. The molecule has 0 spiro atoms. The lowest BCUT2D eigenvalue weighted by atomic mass is 9.43. The molecule has 0 aliphatic heterocycles. The Hall–Kier alpha value is -1.57.